The molecule has 44 heavy (non-hydrogen) atoms. The van der Waals surface area contributed by atoms with Gasteiger partial charge < -0.3 is 14.9 Å². The smallest absolute Gasteiger partial charge is 0.246 e. The van der Waals surface area contributed by atoms with Crippen LogP contribution in [0.4, 0.5) is 4.39 Å². The highest BCUT2D eigenvalue weighted by Gasteiger charge is 2.51. The first-order valence-corrected chi connectivity index (χ1v) is 16.3. The largest absolute Gasteiger partial charge is 0.508 e. The molecule has 1 aromatic heterocycles. The number of piperazine rings is 1. The normalized spacial score (nSPS) is 21.6. The summed E-state index contributed by atoms with van der Waals surface area (Å²) >= 11 is 1.21. The van der Waals surface area contributed by atoms with Crippen molar-refractivity contribution < 1.29 is 23.9 Å². The average molecular weight is 620 g/mol. The number of benzene rings is 2. The van der Waals surface area contributed by atoms with Crippen molar-refractivity contribution in [3.8, 4) is 5.75 Å². The van der Waals surface area contributed by atoms with Gasteiger partial charge in [0.1, 0.15) is 23.8 Å². The molecule has 1 saturated carbocycles. The number of hydrazine groups is 1. The number of aromatic nitrogens is 1. The third-order valence-electron chi connectivity index (χ3n) is 9.16. The zero-order valence-electron chi connectivity index (χ0n) is 24.7. The molecule has 0 radical (unpaired) electrons. The molecular weight excluding hydrogens is 581 g/mol. The fraction of sp³-hybridized carbons (Fsp3) is 0.455. The number of hydrogen-bond acceptors (Lipinski definition) is 7. The Kier molecular flexibility index (Phi) is 8.95. The number of carbonyl (C=O) groups is 3. The molecule has 3 aromatic rings. The molecule has 6 rings (SSSR count). The van der Waals surface area contributed by atoms with Gasteiger partial charge in [-0.3, -0.25) is 14.4 Å². The number of halogens is 1. The predicted octanol–water partition coefficient (Wildman–Crippen LogP) is 4.85. The van der Waals surface area contributed by atoms with Crippen LogP contribution in [0.15, 0.2) is 54.6 Å². The number of aromatic hydroxyl groups is 1. The lowest BCUT2D eigenvalue weighted by Crippen LogP contribution is -2.75. The Hall–Kier alpha value is -3.83. The summed E-state index contributed by atoms with van der Waals surface area (Å²) in [5.41, 5.74) is 3.58. The number of rotatable bonds is 9. The highest BCUT2D eigenvalue weighted by molar-refractivity contribution is 7.16. The van der Waals surface area contributed by atoms with E-state index < -0.39 is 12.2 Å². The number of nitrogens with zero attached hydrogens (tertiary/aromatic N) is 5. The van der Waals surface area contributed by atoms with Gasteiger partial charge in [-0.2, -0.15) is 0 Å². The summed E-state index contributed by atoms with van der Waals surface area (Å²) in [5, 5.41) is 13.3. The van der Waals surface area contributed by atoms with E-state index in [0.29, 0.717) is 34.7 Å². The summed E-state index contributed by atoms with van der Waals surface area (Å²) in [7, 11) is 0. The third kappa shape index (κ3) is 6.08. The van der Waals surface area contributed by atoms with Crippen LogP contribution in [0.2, 0.25) is 0 Å². The van der Waals surface area contributed by atoms with Crippen molar-refractivity contribution in [2.24, 2.45) is 5.92 Å². The number of thiazole rings is 1. The van der Waals surface area contributed by atoms with Gasteiger partial charge >= 0.3 is 0 Å². The highest BCUT2D eigenvalue weighted by Crippen LogP contribution is 2.33. The predicted molar refractivity (Wildman–Crippen MR) is 166 cm³/mol. The van der Waals surface area contributed by atoms with Crippen molar-refractivity contribution in [1.82, 2.24) is 24.8 Å². The van der Waals surface area contributed by atoms with Gasteiger partial charge in [-0.1, -0.05) is 56.4 Å². The van der Waals surface area contributed by atoms with Crippen LogP contribution in [0.25, 0.3) is 10.2 Å². The van der Waals surface area contributed by atoms with Crippen LogP contribution in [-0.4, -0.2) is 79.5 Å². The SMILES string of the molecule is C=CCN1CC(=O)N2[C@@H](Cc3ccc(O)cc3)C(=O)N(Cc3ccc(F)c4scnc34)C[C@@H]2N1C(=O)CCC1CCCCC1. The van der Waals surface area contributed by atoms with Gasteiger partial charge in [-0.25, -0.2) is 19.4 Å². The highest BCUT2D eigenvalue weighted by atomic mass is 32.1. The lowest BCUT2D eigenvalue weighted by Gasteiger charge is -2.55. The maximum atomic E-state index is 14.5. The van der Waals surface area contributed by atoms with Crippen LogP contribution < -0.4 is 0 Å². The molecule has 2 aromatic carbocycles. The van der Waals surface area contributed by atoms with Crippen molar-refractivity contribution in [3.63, 3.8) is 0 Å². The minimum Gasteiger partial charge on any atom is -0.508 e. The quantitative estimate of drug-likeness (QED) is 0.344. The first kappa shape index (κ1) is 30.2. The molecule has 3 fully saturated rings. The zero-order chi connectivity index (χ0) is 30.8. The number of phenols is 1. The van der Waals surface area contributed by atoms with Gasteiger partial charge in [0.05, 0.1) is 28.8 Å². The van der Waals surface area contributed by atoms with Crippen LogP contribution in [-0.2, 0) is 27.3 Å². The van der Waals surface area contributed by atoms with Crippen LogP contribution >= 0.6 is 11.3 Å². The summed E-state index contributed by atoms with van der Waals surface area (Å²) in [6, 6.07) is 8.76. The Bertz CT molecular complexity index is 1540. The zero-order valence-corrected chi connectivity index (χ0v) is 25.6. The van der Waals surface area contributed by atoms with Gasteiger partial charge in [0.2, 0.25) is 17.7 Å². The average Bonchev–Trinajstić information content (AvgIpc) is 3.52. The van der Waals surface area contributed by atoms with E-state index in [1.165, 1.54) is 36.7 Å². The summed E-state index contributed by atoms with van der Waals surface area (Å²) in [6.07, 6.45) is 8.27. The van der Waals surface area contributed by atoms with E-state index in [0.717, 1.165) is 24.8 Å². The maximum Gasteiger partial charge on any atom is 0.246 e. The maximum absolute atomic E-state index is 14.5. The van der Waals surface area contributed by atoms with E-state index in [-0.39, 0.29) is 55.3 Å². The number of amides is 3. The van der Waals surface area contributed by atoms with Crippen molar-refractivity contribution in [1.29, 1.82) is 0 Å². The van der Waals surface area contributed by atoms with Gasteiger partial charge in [-0.15, -0.1) is 17.9 Å². The Morgan fingerprint density at radius 2 is 1.89 bits per heavy atom. The third-order valence-corrected chi connectivity index (χ3v) is 10.00. The minimum atomic E-state index is -0.864. The topological polar surface area (TPSA) is 97.3 Å². The van der Waals surface area contributed by atoms with E-state index in [9.17, 15) is 23.9 Å². The van der Waals surface area contributed by atoms with Crippen molar-refractivity contribution in [2.45, 2.75) is 70.1 Å². The van der Waals surface area contributed by atoms with Crippen molar-refractivity contribution >= 4 is 39.3 Å². The molecule has 0 spiro atoms. The van der Waals surface area contributed by atoms with E-state index in [1.54, 1.807) is 61.7 Å². The molecule has 2 atom stereocenters. The van der Waals surface area contributed by atoms with Gasteiger partial charge in [0.25, 0.3) is 0 Å². The Morgan fingerprint density at radius 1 is 1.11 bits per heavy atom. The molecule has 0 unspecified atom stereocenters. The van der Waals surface area contributed by atoms with Crippen LogP contribution in [0.5, 0.6) is 5.75 Å². The van der Waals surface area contributed by atoms with E-state index >= 15 is 0 Å². The summed E-state index contributed by atoms with van der Waals surface area (Å²) in [4.78, 5) is 49.7. The second-order valence-electron chi connectivity index (χ2n) is 12.0. The van der Waals surface area contributed by atoms with Crippen LogP contribution in [0.1, 0.15) is 56.1 Å². The lowest BCUT2D eigenvalue weighted by molar-refractivity contribution is -0.205. The second kappa shape index (κ2) is 13.0. The van der Waals surface area contributed by atoms with Crippen LogP contribution in [0.3, 0.4) is 0 Å². The first-order chi connectivity index (χ1) is 21.3. The monoisotopic (exact) mass is 619 g/mol. The number of carbonyl (C=O) groups excluding carboxylic acids is 3. The molecule has 3 aliphatic rings. The molecule has 2 saturated heterocycles. The van der Waals surface area contributed by atoms with Gasteiger partial charge in [0, 0.05) is 25.9 Å². The fourth-order valence-corrected chi connectivity index (χ4v) is 7.72. The summed E-state index contributed by atoms with van der Waals surface area (Å²) < 4.78 is 14.9. The molecule has 232 valence electrons. The summed E-state index contributed by atoms with van der Waals surface area (Å²) in [6.45, 7) is 4.42. The Labute approximate surface area is 260 Å². The van der Waals surface area contributed by atoms with E-state index in [4.69, 9.17) is 0 Å². The van der Waals surface area contributed by atoms with E-state index in [1.807, 2.05) is 0 Å². The number of phenolic OH excluding ortho intramolecular Hbond substituents is 1. The minimum absolute atomic E-state index is 0.0333. The van der Waals surface area contributed by atoms with Gasteiger partial charge in [0.15, 0.2) is 0 Å². The number of hydrogen-bond donors (Lipinski definition) is 1. The molecule has 3 amide bonds. The second-order valence-corrected chi connectivity index (χ2v) is 12.9. The fourth-order valence-electron chi connectivity index (χ4n) is 6.98. The molecule has 11 heteroatoms. The first-order valence-electron chi connectivity index (χ1n) is 15.4. The van der Waals surface area contributed by atoms with E-state index in [2.05, 4.69) is 11.6 Å². The molecule has 0 bridgehead atoms. The van der Waals surface area contributed by atoms with Crippen molar-refractivity contribution in [3.05, 3.63) is 71.5 Å². The molecule has 3 heterocycles. The Morgan fingerprint density at radius 3 is 2.64 bits per heavy atom. The molecule has 9 nitrogen and oxygen atoms in total. The van der Waals surface area contributed by atoms with Crippen LogP contribution in [0, 0.1) is 11.7 Å². The Balaban J connectivity index is 1.35. The molecule has 2 aliphatic heterocycles. The molecular formula is C33H38FN5O4S. The molecule has 1 N–H and O–H groups in total. The molecule has 1 aliphatic carbocycles. The standard InChI is InChI=1S/C33H38FN5O4S/c1-2-16-37-20-30(42)38-27(17-23-8-12-25(40)13-9-23)33(43)36(18-24-11-14-26(34)32-31(24)35-21-44-32)19-28(38)39(37)29(41)15-10-22-6-4-3-5-7-22/h2,8-9,11-14,21-22,27-28,40H,1,3-7,10,15-20H2/t27-,28-/m0/s1. The number of fused-ring (bicyclic) bond motifs is 2. The van der Waals surface area contributed by atoms with Crippen molar-refractivity contribution in [2.75, 3.05) is 19.6 Å². The summed E-state index contributed by atoms with van der Waals surface area (Å²) in [5.74, 6) is -0.276. The van der Waals surface area contributed by atoms with Gasteiger partial charge in [-0.05, 0) is 41.7 Å². The lowest BCUT2D eigenvalue weighted by atomic mass is 9.86.